The van der Waals surface area contributed by atoms with Crippen LogP contribution in [0, 0.1) is 11.8 Å². The van der Waals surface area contributed by atoms with Gasteiger partial charge in [-0.05, 0) is 37.5 Å². The number of hydrogen-bond donors (Lipinski definition) is 2. The van der Waals surface area contributed by atoms with Crippen LogP contribution in [0.15, 0.2) is 0 Å². The number of rotatable bonds is 3. The van der Waals surface area contributed by atoms with Crippen molar-refractivity contribution in [3.8, 4) is 0 Å². The van der Waals surface area contributed by atoms with E-state index in [1.807, 2.05) is 6.92 Å². The minimum Gasteiger partial charge on any atom is -0.481 e. The molecule has 1 saturated carbocycles. The number of hydrogen-bond acceptors (Lipinski definition) is 2. The molecular formula is C10H20ClNO2. The molecule has 1 aliphatic rings. The van der Waals surface area contributed by atoms with E-state index in [4.69, 9.17) is 10.8 Å². The lowest BCUT2D eigenvalue weighted by Crippen LogP contribution is -2.29. The van der Waals surface area contributed by atoms with Crippen molar-refractivity contribution in [3.05, 3.63) is 0 Å². The highest BCUT2D eigenvalue weighted by Gasteiger charge is 2.24. The van der Waals surface area contributed by atoms with Crippen molar-refractivity contribution in [1.82, 2.24) is 0 Å². The molecule has 1 fully saturated rings. The Morgan fingerprint density at radius 2 is 1.93 bits per heavy atom. The summed E-state index contributed by atoms with van der Waals surface area (Å²) in [6.45, 7) is 2.04. The van der Waals surface area contributed by atoms with E-state index >= 15 is 0 Å². The third-order valence-electron chi connectivity index (χ3n) is 3.12. The van der Waals surface area contributed by atoms with Gasteiger partial charge in [0.05, 0.1) is 0 Å². The van der Waals surface area contributed by atoms with Crippen LogP contribution in [0.3, 0.4) is 0 Å². The van der Waals surface area contributed by atoms with E-state index in [1.165, 1.54) is 0 Å². The third kappa shape index (κ3) is 4.29. The number of aliphatic carboxylic acids is 1. The van der Waals surface area contributed by atoms with Crippen LogP contribution in [0.4, 0.5) is 0 Å². The van der Waals surface area contributed by atoms with E-state index in [2.05, 4.69) is 0 Å². The first kappa shape index (κ1) is 13.7. The molecule has 4 heteroatoms. The number of carboxylic acids is 1. The number of halogens is 1. The number of carbonyl (C=O) groups is 1. The van der Waals surface area contributed by atoms with Crippen LogP contribution in [0.25, 0.3) is 0 Å². The van der Waals surface area contributed by atoms with Gasteiger partial charge in [0.15, 0.2) is 0 Å². The summed E-state index contributed by atoms with van der Waals surface area (Å²) < 4.78 is 0. The second-order valence-corrected chi connectivity index (χ2v) is 4.25. The monoisotopic (exact) mass is 221 g/mol. The average molecular weight is 222 g/mol. The van der Waals surface area contributed by atoms with E-state index in [0.29, 0.717) is 24.3 Å². The fourth-order valence-electron chi connectivity index (χ4n) is 2.16. The van der Waals surface area contributed by atoms with Crippen molar-refractivity contribution in [2.75, 3.05) is 0 Å². The topological polar surface area (TPSA) is 63.3 Å². The zero-order valence-electron chi connectivity index (χ0n) is 8.61. The lowest BCUT2D eigenvalue weighted by molar-refractivity contribution is -0.138. The van der Waals surface area contributed by atoms with E-state index in [1.54, 1.807) is 0 Å². The van der Waals surface area contributed by atoms with Gasteiger partial charge in [-0.3, -0.25) is 4.79 Å². The van der Waals surface area contributed by atoms with Gasteiger partial charge in [-0.15, -0.1) is 12.4 Å². The predicted molar refractivity (Wildman–Crippen MR) is 58.6 cm³/mol. The van der Waals surface area contributed by atoms with Gasteiger partial charge in [-0.25, -0.2) is 0 Å². The standard InChI is InChI=1S/C10H19NO2.ClH/c1-7(6-10(12)13)8-2-4-9(11)5-3-8;/h7-9H,2-6,11H2,1H3,(H,12,13);1H. The van der Waals surface area contributed by atoms with Crippen molar-refractivity contribution in [2.45, 2.75) is 45.1 Å². The molecule has 0 bridgehead atoms. The van der Waals surface area contributed by atoms with E-state index in [0.717, 1.165) is 25.7 Å². The number of carboxylic acid groups (broad SMARTS) is 1. The molecule has 84 valence electrons. The average Bonchev–Trinajstić information content (AvgIpc) is 2.04. The molecule has 14 heavy (non-hydrogen) atoms. The van der Waals surface area contributed by atoms with Gasteiger partial charge in [0.25, 0.3) is 0 Å². The summed E-state index contributed by atoms with van der Waals surface area (Å²) >= 11 is 0. The first-order chi connectivity index (χ1) is 6.09. The second-order valence-electron chi connectivity index (χ2n) is 4.25. The molecule has 0 amide bonds. The van der Waals surface area contributed by atoms with Crippen LogP contribution in [0.5, 0.6) is 0 Å². The molecule has 3 nitrogen and oxygen atoms in total. The van der Waals surface area contributed by atoms with Crippen molar-refractivity contribution in [3.63, 3.8) is 0 Å². The molecule has 0 aliphatic heterocycles. The Morgan fingerprint density at radius 1 is 1.43 bits per heavy atom. The minimum atomic E-state index is -0.678. The predicted octanol–water partition coefficient (Wildman–Crippen LogP) is 2.04. The quantitative estimate of drug-likeness (QED) is 0.767. The Bertz CT molecular complexity index is 179. The number of nitrogens with two attached hydrogens (primary N) is 1. The normalized spacial score (nSPS) is 29.0. The lowest BCUT2D eigenvalue weighted by Gasteiger charge is -2.29. The van der Waals surface area contributed by atoms with Crippen LogP contribution < -0.4 is 5.73 Å². The molecule has 0 aromatic heterocycles. The van der Waals surface area contributed by atoms with E-state index in [9.17, 15) is 4.79 Å². The Kier molecular flexibility index (Phi) is 6.12. The van der Waals surface area contributed by atoms with Crippen LogP contribution in [0.1, 0.15) is 39.0 Å². The van der Waals surface area contributed by atoms with Gasteiger partial charge in [0.1, 0.15) is 0 Å². The molecule has 0 saturated heterocycles. The summed E-state index contributed by atoms with van der Waals surface area (Å²) in [5.41, 5.74) is 5.78. The minimum absolute atomic E-state index is 0. The highest BCUT2D eigenvalue weighted by Crippen LogP contribution is 2.30. The van der Waals surface area contributed by atoms with Crippen molar-refractivity contribution in [2.24, 2.45) is 17.6 Å². The lowest BCUT2D eigenvalue weighted by atomic mass is 9.78. The fourth-order valence-corrected chi connectivity index (χ4v) is 2.16. The maximum absolute atomic E-state index is 10.5. The summed E-state index contributed by atoms with van der Waals surface area (Å²) in [6, 6.07) is 0.355. The van der Waals surface area contributed by atoms with Crippen LogP contribution >= 0.6 is 12.4 Å². The summed E-state index contributed by atoms with van der Waals surface area (Å²) in [5.74, 6) is 0.211. The zero-order valence-corrected chi connectivity index (χ0v) is 9.43. The third-order valence-corrected chi connectivity index (χ3v) is 3.12. The van der Waals surface area contributed by atoms with Gasteiger partial charge in [-0.1, -0.05) is 6.92 Å². The Labute approximate surface area is 91.5 Å². The van der Waals surface area contributed by atoms with Crippen molar-refractivity contribution < 1.29 is 9.90 Å². The SMILES string of the molecule is CC(CC(=O)O)C1CCC(N)CC1.Cl. The second kappa shape index (κ2) is 6.25. The van der Waals surface area contributed by atoms with Crippen LogP contribution in [-0.4, -0.2) is 17.1 Å². The molecule has 1 unspecified atom stereocenters. The zero-order chi connectivity index (χ0) is 9.84. The molecule has 0 aromatic rings. The van der Waals surface area contributed by atoms with E-state index in [-0.39, 0.29) is 12.4 Å². The molecule has 1 atom stereocenters. The fraction of sp³-hybridized carbons (Fsp3) is 0.900. The highest BCUT2D eigenvalue weighted by atomic mass is 35.5. The van der Waals surface area contributed by atoms with Gasteiger partial charge in [0.2, 0.25) is 0 Å². The molecular weight excluding hydrogens is 202 g/mol. The van der Waals surface area contributed by atoms with Crippen molar-refractivity contribution in [1.29, 1.82) is 0 Å². The molecule has 0 heterocycles. The first-order valence-electron chi connectivity index (χ1n) is 5.07. The van der Waals surface area contributed by atoms with Gasteiger partial charge in [-0.2, -0.15) is 0 Å². The molecule has 1 aliphatic carbocycles. The van der Waals surface area contributed by atoms with Crippen LogP contribution in [0.2, 0.25) is 0 Å². The maximum Gasteiger partial charge on any atom is 0.303 e. The summed E-state index contributed by atoms with van der Waals surface area (Å²) in [5, 5.41) is 8.64. The summed E-state index contributed by atoms with van der Waals surface area (Å²) in [6.07, 6.45) is 4.65. The molecule has 0 spiro atoms. The molecule has 0 radical (unpaired) electrons. The van der Waals surface area contributed by atoms with Crippen molar-refractivity contribution >= 4 is 18.4 Å². The first-order valence-corrected chi connectivity index (χ1v) is 5.07. The summed E-state index contributed by atoms with van der Waals surface area (Å²) in [4.78, 5) is 10.5. The Morgan fingerprint density at radius 3 is 2.36 bits per heavy atom. The van der Waals surface area contributed by atoms with Crippen LogP contribution in [-0.2, 0) is 4.79 Å². The van der Waals surface area contributed by atoms with Gasteiger partial charge >= 0.3 is 5.97 Å². The molecule has 3 N–H and O–H groups in total. The largest absolute Gasteiger partial charge is 0.481 e. The van der Waals surface area contributed by atoms with E-state index < -0.39 is 5.97 Å². The smallest absolute Gasteiger partial charge is 0.303 e. The molecule has 1 rings (SSSR count). The van der Waals surface area contributed by atoms with Gasteiger partial charge in [0, 0.05) is 12.5 Å². The highest BCUT2D eigenvalue weighted by molar-refractivity contribution is 5.85. The maximum atomic E-state index is 10.5. The summed E-state index contributed by atoms with van der Waals surface area (Å²) in [7, 11) is 0. The Balaban J connectivity index is 0.00000169. The Hall–Kier alpha value is -0.280. The van der Waals surface area contributed by atoms with Gasteiger partial charge < -0.3 is 10.8 Å². The molecule has 0 aromatic carbocycles.